The summed E-state index contributed by atoms with van der Waals surface area (Å²) in [5.74, 6) is -0.956. The van der Waals surface area contributed by atoms with Gasteiger partial charge in [0.2, 0.25) is 0 Å². The lowest BCUT2D eigenvalue weighted by Crippen LogP contribution is -2.08. The minimum atomic E-state index is -0.707. The Kier molecular flexibility index (Phi) is 8.25. The lowest BCUT2D eigenvalue weighted by atomic mass is 9.97. The Labute approximate surface area is 177 Å². The molecule has 3 aromatic rings. The van der Waals surface area contributed by atoms with Crippen molar-refractivity contribution in [2.45, 2.75) is 57.8 Å². The van der Waals surface area contributed by atoms with Crippen molar-refractivity contribution >= 4 is 33.5 Å². The van der Waals surface area contributed by atoms with Crippen LogP contribution in [0.4, 0.5) is 0 Å². The Balaban J connectivity index is 1.44. The fourth-order valence-corrected chi connectivity index (χ4v) is 3.91. The van der Waals surface area contributed by atoms with Crippen LogP contribution in [0.15, 0.2) is 54.6 Å². The third-order valence-corrected chi connectivity index (χ3v) is 5.49. The maximum atomic E-state index is 12.9. The van der Waals surface area contributed by atoms with Crippen molar-refractivity contribution in [1.29, 1.82) is 0 Å². The predicted octanol–water partition coefficient (Wildman–Crippen LogP) is 6.75. The van der Waals surface area contributed by atoms with Crippen LogP contribution in [0.2, 0.25) is 0 Å². The number of rotatable bonds is 12. The van der Waals surface area contributed by atoms with Crippen molar-refractivity contribution in [2.75, 3.05) is 6.61 Å². The largest absolute Gasteiger partial charge is 0.481 e. The van der Waals surface area contributed by atoms with Crippen LogP contribution in [0, 0.1) is 0 Å². The van der Waals surface area contributed by atoms with E-state index in [0.717, 1.165) is 72.9 Å². The monoisotopic (exact) mass is 406 g/mol. The smallest absolute Gasteiger partial charge is 0.339 e. The molecule has 0 radical (unpaired) electrons. The van der Waals surface area contributed by atoms with Gasteiger partial charge in [-0.3, -0.25) is 4.79 Å². The highest BCUT2D eigenvalue weighted by Crippen LogP contribution is 2.29. The lowest BCUT2D eigenvalue weighted by Gasteiger charge is -2.11. The van der Waals surface area contributed by atoms with Crippen LogP contribution in [-0.2, 0) is 9.53 Å². The molecular formula is C26H30O4. The molecule has 158 valence electrons. The van der Waals surface area contributed by atoms with Crippen molar-refractivity contribution < 1.29 is 19.4 Å². The summed E-state index contributed by atoms with van der Waals surface area (Å²) in [7, 11) is 0. The van der Waals surface area contributed by atoms with Gasteiger partial charge in [0.25, 0.3) is 0 Å². The lowest BCUT2D eigenvalue weighted by molar-refractivity contribution is -0.137. The van der Waals surface area contributed by atoms with Crippen LogP contribution in [0.3, 0.4) is 0 Å². The summed E-state index contributed by atoms with van der Waals surface area (Å²) in [6.45, 7) is 0.439. The molecule has 0 fully saturated rings. The standard InChI is InChI=1S/C26H30O4/c27-24(28)17-7-5-3-1-2-4-6-12-18-30-26(29)25-22-15-10-8-13-20(22)19-21-14-9-11-16-23(21)25/h8-11,13-16,19H,1-7,12,17-18H2,(H,27,28). The molecule has 0 aliphatic carbocycles. The molecule has 3 rings (SSSR count). The van der Waals surface area contributed by atoms with Crippen molar-refractivity contribution in [3.63, 3.8) is 0 Å². The van der Waals surface area contributed by atoms with E-state index in [-0.39, 0.29) is 12.4 Å². The summed E-state index contributed by atoms with van der Waals surface area (Å²) in [5, 5.41) is 12.6. The van der Waals surface area contributed by atoms with Gasteiger partial charge in [0, 0.05) is 6.42 Å². The molecule has 0 saturated heterocycles. The summed E-state index contributed by atoms with van der Waals surface area (Å²) >= 11 is 0. The van der Waals surface area contributed by atoms with Gasteiger partial charge < -0.3 is 9.84 Å². The highest BCUT2D eigenvalue weighted by molar-refractivity contribution is 6.16. The molecule has 0 atom stereocenters. The van der Waals surface area contributed by atoms with Gasteiger partial charge in [0.05, 0.1) is 12.2 Å². The van der Waals surface area contributed by atoms with E-state index in [4.69, 9.17) is 9.84 Å². The zero-order valence-electron chi connectivity index (χ0n) is 17.4. The molecule has 1 N–H and O–H groups in total. The van der Waals surface area contributed by atoms with E-state index in [1.54, 1.807) is 0 Å². The number of esters is 1. The first-order valence-corrected chi connectivity index (χ1v) is 11.0. The average molecular weight is 407 g/mol. The zero-order chi connectivity index (χ0) is 21.2. The number of fused-ring (bicyclic) bond motifs is 2. The Bertz CT molecular complexity index is 939. The first kappa shape index (κ1) is 21.8. The number of hydrogen-bond acceptors (Lipinski definition) is 3. The normalized spacial score (nSPS) is 11.1. The van der Waals surface area contributed by atoms with E-state index in [0.29, 0.717) is 12.2 Å². The number of unbranched alkanes of at least 4 members (excludes halogenated alkanes) is 7. The molecular weight excluding hydrogens is 376 g/mol. The molecule has 30 heavy (non-hydrogen) atoms. The van der Waals surface area contributed by atoms with Gasteiger partial charge in [-0.2, -0.15) is 0 Å². The summed E-state index contributed by atoms with van der Waals surface area (Å²) in [6, 6.07) is 18.0. The van der Waals surface area contributed by atoms with E-state index in [1.165, 1.54) is 0 Å². The Morgan fingerprint density at radius 2 is 1.20 bits per heavy atom. The number of aliphatic carboxylic acids is 1. The maximum Gasteiger partial charge on any atom is 0.339 e. The fraction of sp³-hybridized carbons (Fsp3) is 0.385. The molecule has 0 aromatic heterocycles. The van der Waals surface area contributed by atoms with Gasteiger partial charge in [-0.1, -0.05) is 87.1 Å². The second kappa shape index (κ2) is 11.3. The van der Waals surface area contributed by atoms with Crippen LogP contribution in [0.5, 0.6) is 0 Å². The van der Waals surface area contributed by atoms with E-state index in [1.807, 2.05) is 48.5 Å². The summed E-state index contributed by atoms with van der Waals surface area (Å²) in [6.07, 6.45) is 8.45. The van der Waals surface area contributed by atoms with Crippen LogP contribution in [0.25, 0.3) is 21.5 Å². The third kappa shape index (κ3) is 6.06. The number of benzene rings is 3. The second-order valence-corrected chi connectivity index (χ2v) is 7.80. The number of carbonyl (C=O) groups excluding carboxylic acids is 1. The summed E-state index contributed by atoms with van der Waals surface area (Å²) in [4.78, 5) is 23.4. The van der Waals surface area contributed by atoms with E-state index < -0.39 is 5.97 Å². The molecule has 0 saturated carbocycles. The molecule has 4 heteroatoms. The molecule has 0 bridgehead atoms. The molecule has 0 spiro atoms. The molecule has 0 amide bonds. The van der Waals surface area contributed by atoms with Gasteiger partial charge in [-0.15, -0.1) is 0 Å². The average Bonchev–Trinajstić information content (AvgIpc) is 2.75. The summed E-state index contributed by atoms with van der Waals surface area (Å²) < 4.78 is 5.63. The Morgan fingerprint density at radius 1 is 0.700 bits per heavy atom. The third-order valence-electron chi connectivity index (χ3n) is 5.49. The van der Waals surface area contributed by atoms with Crippen molar-refractivity contribution in [2.24, 2.45) is 0 Å². The van der Waals surface area contributed by atoms with Gasteiger partial charge in [0.1, 0.15) is 0 Å². The Morgan fingerprint density at radius 3 is 1.77 bits per heavy atom. The van der Waals surface area contributed by atoms with Crippen LogP contribution >= 0.6 is 0 Å². The van der Waals surface area contributed by atoms with Crippen LogP contribution < -0.4 is 0 Å². The number of carboxylic acid groups (broad SMARTS) is 1. The molecule has 0 aliphatic heterocycles. The Hall–Kier alpha value is -2.88. The SMILES string of the molecule is O=C(O)CCCCCCCCCCOC(=O)c1c2ccccc2cc2ccccc12. The first-order chi connectivity index (χ1) is 14.7. The highest BCUT2D eigenvalue weighted by atomic mass is 16.5. The minimum absolute atomic E-state index is 0.249. The number of carbonyl (C=O) groups is 2. The first-order valence-electron chi connectivity index (χ1n) is 11.0. The maximum absolute atomic E-state index is 12.9. The van der Waals surface area contributed by atoms with Gasteiger partial charge >= 0.3 is 11.9 Å². The highest BCUT2D eigenvalue weighted by Gasteiger charge is 2.15. The van der Waals surface area contributed by atoms with E-state index in [2.05, 4.69) is 6.07 Å². The molecule has 0 unspecified atom stereocenters. The predicted molar refractivity (Wildman–Crippen MR) is 121 cm³/mol. The molecule has 3 aromatic carbocycles. The fourth-order valence-electron chi connectivity index (χ4n) is 3.91. The van der Waals surface area contributed by atoms with Crippen molar-refractivity contribution in [3.8, 4) is 0 Å². The topological polar surface area (TPSA) is 63.6 Å². The van der Waals surface area contributed by atoms with Crippen LogP contribution in [0.1, 0.15) is 68.1 Å². The van der Waals surface area contributed by atoms with Gasteiger partial charge in [0.15, 0.2) is 0 Å². The van der Waals surface area contributed by atoms with Crippen molar-refractivity contribution in [1.82, 2.24) is 0 Å². The zero-order valence-corrected chi connectivity index (χ0v) is 17.4. The number of ether oxygens (including phenoxy) is 1. The number of hydrogen-bond donors (Lipinski definition) is 1. The van der Waals surface area contributed by atoms with E-state index >= 15 is 0 Å². The van der Waals surface area contributed by atoms with Crippen LogP contribution in [-0.4, -0.2) is 23.7 Å². The summed E-state index contributed by atoms with van der Waals surface area (Å²) in [5.41, 5.74) is 0.657. The van der Waals surface area contributed by atoms with Gasteiger partial charge in [-0.05, 0) is 40.5 Å². The van der Waals surface area contributed by atoms with E-state index in [9.17, 15) is 9.59 Å². The quantitative estimate of drug-likeness (QED) is 0.205. The molecule has 0 heterocycles. The molecule has 0 aliphatic rings. The van der Waals surface area contributed by atoms with Gasteiger partial charge in [-0.25, -0.2) is 4.79 Å². The second-order valence-electron chi connectivity index (χ2n) is 7.80. The van der Waals surface area contributed by atoms with Crippen molar-refractivity contribution in [3.05, 3.63) is 60.2 Å². The number of carboxylic acids is 1. The minimum Gasteiger partial charge on any atom is -0.481 e. The molecule has 4 nitrogen and oxygen atoms in total.